The fraction of sp³-hybridized carbons (Fsp3) is 0.628. The number of amides is 8. The van der Waals surface area contributed by atoms with Crippen LogP contribution >= 0.6 is 0 Å². The third-order valence-corrected chi connectivity index (χ3v) is 10.8. The molecule has 21 heteroatoms. The van der Waals surface area contributed by atoms with E-state index in [-0.39, 0.29) is 62.4 Å². The Morgan fingerprint density at radius 1 is 0.578 bits per heavy atom. The summed E-state index contributed by atoms with van der Waals surface area (Å²) in [4.78, 5) is 110. The van der Waals surface area contributed by atoms with Gasteiger partial charge in [-0.1, -0.05) is 59.7 Å². The van der Waals surface area contributed by atoms with E-state index in [4.69, 9.17) is 22.9 Å². The quantitative estimate of drug-likeness (QED) is 0.0461. The van der Waals surface area contributed by atoms with E-state index in [0.717, 1.165) is 22.9 Å². The van der Waals surface area contributed by atoms with Gasteiger partial charge in [0.25, 0.3) is 0 Å². The number of hydrogen-bond donors (Lipinski definition) is 13. The highest BCUT2D eigenvalue weighted by Gasteiger charge is 2.35. The topological polar surface area (TPSA) is 353 Å². The molecule has 1 aliphatic rings. The first-order valence-electron chi connectivity index (χ1n) is 22.1. The molecule has 1 fully saturated rings. The lowest BCUT2D eigenvalue weighted by molar-refractivity contribution is -0.135. The van der Waals surface area contributed by atoms with Gasteiger partial charge in [0.15, 0.2) is 0 Å². The van der Waals surface area contributed by atoms with Crippen LogP contribution in [0.2, 0.25) is 0 Å². The number of nitrogens with one attached hydrogen (secondary N) is 9. The van der Waals surface area contributed by atoms with E-state index in [0.29, 0.717) is 13.0 Å². The standard InChI is InChI=1S/C43H71N13O8/c1-22(2)14-29(36(47)57)50-41(62)33(18-44)54-38(59)30(15-23(3)4)51-42(63)34(19-45)55-39(60)31(16-24(5)6)52-43(64)35(20-46)56-40(61)32(53-37(58)28-12-9-13-48-28)17-25-21-49-27-11-8-7-10-26(25)27/h7-8,10-11,21-24,28-35,48-49H,9,12-20,44-46H2,1-6H3,(H2,47,57)(H,50,62)(H,51,63)(H,52,64)(H,53,58)(H,54,59)(H,55,60)(H,56,61)/t28-,29-,30-,31-,32-,33-,34-,35-/m0/s1. The van der Waals surface area contributed by atoms with Gasteiger partial charge in [0.2, 0.25) is 47.3 Å². The van der Waals surface area contributed by atoms with Crippen LogP contribution in [0.5, 0.6) is 0 Å². The number of nitrogens with two attached hydrogens (primary N) is 4. The number of rotatable bonds is 26. The lowest BCUT2D eigenvalue weighted by Crippen LogP contribution is -2.62. The van der Waals surface area contributed by atoms with Crippen LogP contribution in [-0.4, -0.2) is 127 Å². The molecule has 1 aliphatic heterocycles. The molecular weight excluding hydrogens is 827 g/mol. The monoisotopic (exact) mass is 898 g/mol. The molecular formula is C43H71N13O8. The SMILES string of the molecule is CC(C)C[C@H](NC(=O)[C@H](CN)NC(=O)[C@H](CC(C)C)NC(=O)[C@H](CN)NC(=O)[C@H](CC(C)C)NC(=O)[C@H](CN)NC(=O)[C@H](Cc1c[nH]c2ccccc12)NC(=O)[C@@H]1CCCN1)C(N)=O. The van der Waals surface area contributed by atoms with Crippen LogP contribution in [0.1, 0.15) is 79.2 Å². The lowest BCUT2D eigenvalue weighted by Gasteiger charge is -2.28. The first-order chi connectivity index (χ1) is 30.3. The molecule has 1 aromatic heterocycles. The zero-order valence-corrected chi connectivity index (χ0v) is 37.9. The van der Waals surface area contributed by atoms with Gasteiger partial charge in [-0.15, -0.1) is 0 Å². The van der Waals surface area contributed by atoms with E-state index in [1.165, 1.54) is 0 Å². The Balaban J connectivity index is 1.73. The smallest absolute Gasteiger partial charge is 0.244 e. The van der Waals surface area contributed by atoms with Crippen molar-refractivity contribution in [2.24, 2.45) is 40.7 Å². The van der Waals surface area contributed by atoms with Crippen LogP contribution < -0.4 is 65.5 Å². The molecule has 356 valence electrons. The van der Waals surface area contributed by atoms with Crippen LogP contribution in [0.25, 0.3) is 10.9 Å². The molecule has 1 aromatic carbocycles. The number of benzene rings is 1. The van der Waals surface area contributed by atoms with Crippen molar-refractivity contribution < 1.29 is 38.4 Å². The zero-order valence-electron chi connectivity index (χ0n) is 37.9. The summed E-state index contributed by atoms with van der Waals surface area (Å²) in [5.41, 5.74) is 24.9. The van der Waals surface area contributed by atoms with Gasteiger partial charge >= 0.3 is 0 Å². The predicted molar refractivity (Wildman–Crippen MR) is 241 cm³/mol. The third kappa shape index (κ3) is 16.2. The molecule has 8 atom stereocenters. The second kappa shape index (κ2) is 25.6. The van der Waals surface area contributed by atoms with Crippen molar-refractivity contribution in [1.29, 1.82) is 0 Å². The lowest BCUT2D eigenvalue weighted by atomic mass is 10.0. The highest BCUT2D eigenvalue weighted by molar-refractivity contribution is 5.98. The fourth-order valence-electron chi connectivity index (χ4n) is 7.36. The van der Waals surface area contributed by atoms with Gasteiger partial charge in [-0.2, -0.15) is 0 Å². The first-order valence-corrected chi connectivity index (χ1v) is 22.1. The van der Waals surface area contributed by atoms with Crippen molar-refractivity contribution in [1.82, 2.24) is 47.5 Å². The van der Waals surface area contributed by atoms with Crippen molar-refractivity contribution in [3.63, 3.8) is 0 Å². The van der Waals surface area contributed by atoms with Crippen molar-refractivity contribution in [2.75, 3.05) is 26.2 Å². The molecule has 21 nitrogen and oxygen atoms in total. The summed E-state index contributed by atoms with van der Waals surface area (Å²) in [5, 5.41) is 22.4. The number of primary amides is 1. The number of H-pyrrole nitrogens is 1. The van der Waals surface area contributed by atoms with E-state index in [2.05, 4.69) is 47.5 Å². The molecule has 0 aliphatic carbocycles. The average Bonchev–Trinajstić information content (AvgIpc) is 3.93. The van der Waals surface area contributed by atoms with E-state index in [9.17, 15) is 38.4 Å². The Labute approximate surface area is 374 Å². The van der Waals surface area contributed by atoms with Gasteiger partial charge in [-0.3, -0.25) is 38.4 Å². The second-order valence-corrected chi connectivity index (χ2v) is 17.6. The molecule has 2 heterocycles. The summed E-state index contributed by atoms with van der Waals surface area (Å²) in [6, 6.07) is -1.38. The Bertz CT molecular complexity index is 1910. The van der Waals surface area contributed by atoms with E-state index < -0.39 is 96.2 Å². The van der Waals surface area contributed by atoms with Gasteiger partial charge in [-0.05, 0) is 68.0 Å². The molecule has 8 amide bonds. The highest BCUT2D eigenvalue weighted by atomic mass is 16.2. The molecule has 0 saturated carbocycles. The maximum Gasteiger partial charge on any atom is 0.244 e. The maximum absolute atomic E-state index is 13.9. The minimum Gasteiger partial charge on any atom is -0.368 e. The number of para-hydroxylation sites is 1. The summed E-state index contributed by atoms with van der Waals surface area (Å²) in [6.45, 7) is 10.6. The molecule has 1 saturated heterocycles. The maximum atomic E-state index is 13.9. The van der Waals surface area contributed by atoms with Crippen molar-refractivity contribution in [3.05, 3.63) is 36.0 Å². The number of carbonyl (C=O) groups is 8. The summed E-state index contributed by atoms with van der Waals surface area (Å²) in [7, 11) is 0. The van der Waals surface area contributed by atoms with Gasteiger partial charge in [-0.25, -0.2) is 0 Å². The van der Waals surface area contributed by atoms with Gasteiger partial charge < -0.3 is 70.5 Å². The Morgan fingerprint density at radius 2 is 0.984 bits per heavy atom. The van der Waals surface area contributed by atoms with Crippen LogP contribution in [0.15, 0.2) is 30.5 Å². The molecule has 17 N–H and O–H groups in total. The number of aromatic nitrogens is 1. The minimum absolute atomic E-state index is 0.0268. The van der Waals surface area contributed by atoms with E-state index in [1.54, 1.807) is 6.20 Å². The van der Waals surface area contributed by atoms with Crippen LogP contribution in [0.3, 0.4) is 0 Å². The first kappa shape index (κ1) is 52.7. The van der Waals surface area contributed by atoms with Crippen LogP contribution in [0.4, 0.5) is 0 Å². The van der Waals surface area contributed by atoms with Crippen molar-refractivity contribution in [3.8, 4) is 0 Å². The number of carbonyl (C=O) groups excluding carboxylic acids is 8. The molecule has 0 bridgehead atoms. The zero-order chi connectivity index (χ0) is 47.7. The van der Waals surface area contributed by atoms with Gasteiger partial charge in [0.1, 0.15) is 42.3 Å². The molecule has 2 aromatic rings. The van der Waals surface area contributed by atoms with Crippen molar-refractivity contribution >= 4 is 58.2 Å². The van der Waals surface area contributed by atoms with Gasteiger partial charge in [0.05, 0.1) is 6.04 Å². The minimum atomic E-state index is -1.37. The molecule has 3 rings (SSSR count). The molecule has 64 heavy (non-hydrogen) atoms. The van der Waals surface area contributed by atoms with Gasteiger partial charge in [0, 0.05) is 43.2 Å². The Kier molecular flexibility index (Phi) is 21.1. The van der Waals surface area contributed by atoms with Crippen LogP contribution in [-0.2, 0) is 44.8 Å². The largest absolute Gasteiger partial charge is 0.368 e. The van der Waals surface area contributed by atoms with Crippen molar-refractivity contribution in [2.45, 2.75) is 128 Å². The van der Waals surface area contributed by atoms with E-state index in [1.807, 2.05) is 65.8 Å². The number of aromatic amines is 1. The summed E-state index contributed by atoms with van der Waals surface area (Å²) in [5.74, 6) is -5.82. The summed E-state index contributed by atoms with van der Waals surface area (Å²) >= 11 is 0. The number of fused-ring (bicyclic) bond motifs is 1. The Hall–Kier alpha value is -5.64. The van der Waals surface area contributed by atoms with Crippen LogP contribution in [0, 0.1) is 17.8 Å². The normalized spacial score (nSPS) is 17.1. The number of hydrogen-bond acceptors (Lipinski definition) is 12. The predicted octanol–water partition coefficient (Wildman–Crippen LogP) is -2.64. The summed E-state index contributed by atoms with van der Waals surface area (Å²) < 4.78 is 0. The average molecular weight is 898 g/mol. The highest BCUT2D eigenvalue weighted by Crippen LogP contribution is 2.20. The molecule has 0 unspecified atom stereocenters. The fourth-order valence-corrected chi connectivity index (χ4v) is 7.36. The van der Waals surface area contributed by atoms with E-state index >= 15 is 0 Å². The summed E-state index contributed by atoms with van der Waals surface area (Å²) in [6.07, 6.45) is 3.79. The third-order valence-electron chi connectivity index (χ3n) is 10.8. The Morgan fingerprint density at radius 3 is 1.41 bits per heavy atom. The molecule has 0 radical (unpaired) electrons. The second-order valence-electron chi connectivity index (χ2n) is 17.6. The molecule has 0 spiro atoms.